The molecule has 0 N–H and O–H groups in total. The third-order valence-electron chi connectivity index (χ3n) is 17.5. The van der Waals surface area contributed by atoms with Crippen LogP contribution in [0.2, 0.25) is 0 Å². The fourth-order valence-electron chi connectivity index (χ4n) is 13.1. The van der Waals surface area contributed by atoms with E-state index >= 15 is 0 Å². The van der Waals surface area contributed by atoms with E-state index in [1.807, 2.05) is 0 Å². The average Bonchev–Trinajstić information content (AvgIpc) is 3.36. The summed E-state index contributed by atoms with van der Waals surface area (Å²) in [5.74, 6) is 0.328. The van der Waals surface area contributed by atoms with Crippen LogP contribution in [0.5, 0.6) is 0 Å². The zero-order chi connectivity index (χ0) is 51.0. The van der Waals surface area contributed by atoms with Crippen molar-refractivity contribution in [2.45, 2.75) is 128 Å². The molecule has 73 heavy (non-hydrogen) atoms. The molecule has 0 fully saturated rings. The number of rotatable bonds is 9. The van der Waals surface area contributed by atoms with Crippen LogP contribution in [-0.4, -0.2) is 0 Å². The first-order valence-electron chi connectivity index (χ1n) is 26.8. The fraction of sp³-hybridized carbons (Fsp3) is 0.282. The Labute approximate surface area is 435 Å². The topological polar surface area (TPSA) is 6.48 Å². The van der Waals surface area contributed by atoms with E-state index in [0.717, 1.165) is 30.6 Å². The van der Waals surface area contributed by atoms with E-state index in [-0.39, 0.29) is 21.7 Å². The fourth-order valence-corrected chi connectivity index (χ4v) is 13.1. The van der Waals surface area contributed by atoms with Gasteiger partial charge in [0.25, 0.3) is 0 Å². The number of aryl methyl sites for hydroxylation is 1. The third-order valence-corrected chi connectivity index (χ3v) is 17.5. The summed E-state index contributed by atoms with van der Waals surface area (Å²) in [6.45, 7) is 31.4. The quantitative estimate of drug-likeness (QED) is 0.133. The number of hydrogen-bond acceptors (Lipinski definition) is 2. The maximum absolute atomic E-state index is 5.35. The van der Waals surface area contributed by atoms with Crippen LogP contribution in [0.3, 0.4) is 0 Å². The molecule has 0 aliphatic carbocycles. The standard InChI is InChI=1S/C71H71N2/c1-67(2,3)50-34-31-45(32-35-50)40-49(55-26-17-22-47-20-13-15-24-54(47)55)33-30-46-41-59-65-60(42-46)71(11,12)62-44-53(43-61-66(62)73(65)64-57(69(59,7)8)27-19-28-58(64)70(61,9)10)72(52-38-36-51(37-39-52)68(4,5)6)63-29-18-23-48-21-14-16-25-56(48)63/h13-29,31-32,34-39,41-44,49H,11,30,33,40H2,1-10,12H3/q+1. The number of fused-ring (bicyclic) bond motifs is 2. The van der Waals surface area contributed by atoms with Gasteiger partial charge < -0.3 is 9.80 Å². The van der Waals surface area contributed by atoms with Crippen molar-refractivity contribution in [1.29, 1.82) is 0 Å². The molecule has 2 unspecified atom stereocenters. The Bertz CT molecular complexity index is 3630. The molecule has 0 saturated carbocycles. The highest BCUT2D eigenvalue weighted by Gasteiger charge is 2.54. The minimum absolute atomic E-state index is 0.0358. The van der Waals surface area contributed by atoms with Crippen molar-refractivity contribution in [3.8, 4) is 0 Å². The van der Waals surface area contributed by atoms with E-state index in [1.165, 1.54) is 105 Å². The highest BCUT2D eigenvalue weighted by atomic mass is 15.2. The monoisotopic (exact) mass is 952 g/mol. The molecule has 2 atom stereocenters. The van der Waals surface area contributed by atoms with E-state index < -0.39 is 5.41 Å². The summed E-state index contributed by atoms with van der Waals surface area (Å²) in [5.41, 5.74) is 21.5. The van der Waals surface area contributed by atoms with Gasteiger partial charge in [0.1, 0.15) is 0 Å². The predicted octanol–water partition coefficient (Wildman–Crippen LogP) is 19.2. The van der Waals surface area contributed by atoms with Gasteiger partial charge in [0.2, 0.25) is 0 Å². The molecule has 0 amide bonds. The Balaban J connectivity index is 1.04. The van der Waals surface area contributed by atoms with Gasteiger partial charge in [-0.25, -0.2) is 0 Å². The lowest BCUT2D eigenvalue weighted by Gasteiger charge is -2.54. The summed E-state index contributed by atoms with van der Waals surface area (Å²) in [4.78, 5) is 5.21. The van der Waals surface area contributed by atoms with Gasteiger partial charge in [-0.15, -0.1) is 0 Å². The van der Waals surface area contributed by atoms with Crippen LogP contribution in [0.4, 0.5) is 34.1 Å². The molecule has 2 nitrogen and oxygen atoms in total. The summed E-state index contributed by atoms with van der Waals surface area (Å²) in [5, 5.41) is 5.12. The van der Waals surface area contributed by atoms with Crippen molar-refractivity contribution in [2.75, 3.05) is 9.80 Å². The summed E-state index contributed by atoms with van der Waals surface area (Å²) in [7, 11) is 0. The molecule has 0 saturated heterocycles. The van der Waals surface area contributed by atoms with E-state index in [9.17, 15) is 0 Å². The van der Waals surface area contributed by atoms with Crippen molar-refractivity contribution in [3.63, 3.8) is 0 Å². The molecule has 9 aromatic carbocycles. The first kappa shape index (κ1) is 47.0. The van der Waals surface area contributed by atoms with Crippen LogP contribution in [0, 0.1) is 6.92 Å². The second-order valence-electron chi connectivity index (χ2n) is 25.1. The Hall–Kier alpha value is -7.03. The molecule has 0 bridgehead atoms. The van der Waals surface area contributed by atoms with Crippen LogP contribution in [-0.2, 0) is 39.9 Å². The van der Waals surface area contributed by atoms with Crippen LogP contribution in [0.25, 0.3) is 21.5 Å². The lowest BCUT2D eigenvalue weighted by atomic mass is 9.60. The first-order chi connectivity index (χ1) is 34.7. The van der Waals surface area contributed by atoms with Gasteiger partial charge in [-0.1, -0.05) is 209 Å². The summed E-state index contributed by atoms with van der Waals surface area (Å²) >= 11 is 0. The predicted molar refractivity (Wildman–Crippen MR) is 312 cm³/mol. The third kappa shape index (κ3) is 7.45. The summed E-state index contributed by atoms with van der Waals surface area (Å²) in [6.07, 6.45) is 2.97. The van der Waals surface area contributed by atoms with Gasteiger partial charge in [-0.3, -0.25) is 0 Å². The lowest BCUT2D eigenvalue weighted by Crippen LogP contribution is -2.44. The second-order valence-corrected chi connectivity index (χ2v) is 25.1. The van der Waals surface area contributed by atoms with Gasteiger partial charge in [-0.05, 0) is 146 Å². The second kappa shape index (κ2) is 16.5. The summed E-state index contributed by atoms with van der Waals surface area (Å²) in [6, 6.07) is 67.6. The van der Waals surface area contributed by atoms with Crippen molar-refractivity contribution in [1.82, 2.24) is 0 Å². The van der Waals surface area contributed by atoms with Crippen molar-refractivity contribution in [2.24, 2.45) is 0 Å². The van der Waals surface area contributed by atoms with Crippen molar-refractivity contribution >= 4 is 55.7 Å². The molecule has 12 rings (SSSR count). The van der Waals surface area contributed by atoms with Crippen LogP contribution in [0.1, 0.15) is 150 Å². The molecule has 0 spiro atoms. The molecule has 3 aliphatic rings. The van der Waals surface area contributed by atoms with Crippen molar-refractivity contribution < 1.29 is 0 Å². The molecular formula is C71H71N2+. The zero-order valence-electron chi connectivity index (χ0n) is 45.0. The molecule has 3 aliphatic heterocycles. The maximum atomic E-state index is 5.35. The zero-order valence-corrected chi connectivity index (χ0v) is 45.0. The molecule has 0 radical (unpaired) electrons. The normalized spacial score (nSPS) is 17.4. The number of para-hydroxylation sites is 1. The summed E-state index contributed by atoms with van der Waals surface area (Å²) < 4.78 is 0. The number of hydrogen-bond donors (Lipinski definition) is 0. The van der Waals surface area contributed by atoms with Gasteiger partial charge >= 0.3 is 0 Å². The Morgan fingerprint density at radius 2 is 0.945 bits per heavy atom. The highest BCUT2D eigenvalue weighted by molar-refractivity contribution is 6.02. The van der Waals surface area contributed by atoms with Gasteiger partial charge in [0.15, 0.2) is 5.41 Å². The van der Waals surface area contributed by atoms with Crippen LogP contribution >= 0.6 is 0 Å². The minimum Gasteiger partial charge on any atom is -0.310 e. The highest BCUT2D eigenvalue weighted by Crippen LogP contribution is 2.67. The van der Waals surface area contributed by atoms with E-state index in [4.69, 9.17) is 6.92 Å². The average molecular weight is 952 g/mol. The molecule has 3 heterocycles. The largest absolute Gasteiger partial charge is 0.310 e. The molecule has 364 valence electrons. The van der Waals surface area contributed by atoms with Crippen molar-refractivity contribution in [3.05, 3.63) is 244 Å². The molecule has 2 heteroatoms. The van der Waals surface area contributed by atoms with Crippen LogP contribution < -0.4 is 9.80 Å². The van der Waals surface area contributed by atoms with Crippen LogP contribution in [0.15, 0.2) is 176 Å². The Kier molecular flexibility index (Phi) is 10.6. The number of nitrogens with zero attached hydrogens (tertiary/aromatic N) is 2. The van der Waals surface area contributed by atoms with E-state index in [2.05, 4.69) is 262 Å². The molecule has 0 aromatic heterocycles. The SMILES string of the molecule is [CH2+]C1(C)c2cc(CCC(Cc3ccc(C(C)(C)C)cc3)c3cccc4ccccc34)cc3c2N2c4c1cc(N(c1ccc(C(C)(C)C)cc1)c1cccc5ccccc15)cc4C(C)(C)c1cccc(c12)C3(C)C. The molecular weight excluding hydrogens is 881 g/mol. The van der Waals surface area contributed by atoms with E-state index in [0.29, 0.717) is 5.92 Å². The van der Waals surface area contributed by atoms with E-state index in [1.54, 1.807) is 0 Å². The lowest BCUT2D eigenvalue weighted by molar-refractivity contribution is 0.577. The van der Waals surface area contributed by atoms with Gasteiger partial charge in [0.05, 0.1) is 29.7 Å². The minimum atomic E-state index is -0.572. The Morgan fingerprint density at radius 3 is 1.58 bits per heavy atom. The molecule has 9 aromatic rings. The smallest absolute Gasteiger partial charge is 0.156 e. The Morgan fingerprint density at radius 1 is 0.466 bits per heavy atom. The maximum Gasteiger partial charge on any atom is 0.156 e. The number of anilines is 6. The number of benzene rings is 9. The van der Waals surface area contributed by atoms with Gasteiger partial charge in [0, 0.05) is 38.7 Å². The first-order valence-corrected chi connectivity index (χ1v) is 26.8. The van der Waals surface area contributed by atoms with Gasteiger partial charge in [-0.2, -0.15) is 0 Å².